The number of anilines is 1. The first kappa shape index (κ1) is 19.0. The van der Waals surface area contributed by atoms with Gasteiger partial charge in [-0.15, -0.1) is 0 Å². The van der Waals surface area contributed by atoms with Gasteiger partial charge < -0.3 is 20.1 Å². The van der Waals surface area contributed by atoms with E-state index in [2.05, 4.69) is 22.8 Å². The molecule has 1 saturated carbocycles. The molecule has 2 aliphatic heterocycles. The molecule has 0 saturated heterocycles. The van der Waals surface area contributed by atoms with Crippen molar-refractivity contribution in [1.82, 2.24) is 5.32 Å². The summed E-state index contributed by atoms with van der Waals surface area (Å²) in [4.78, 5) is 24.5. The lowest BCUT2D eigenvalue weighted by Crippen LogP contribution is -2.39. The smallest absolute Gasteiger partial charge is 0.251 e. The van der Waals surface area contributed by atoms with Crippen molar-refractivity contribution < 1.29 is 19.1 Å². The molecule has 2 aromatic carbocycles. The van der Waals surface area contributed by atoms with Crippen LogP contribution < -0.4 is 20.1 Å². The summed E-state index contributed by atoms with van der Waals surface area (Å²) in [6.07, 6.45) is 5.53. The van der Waals surface area contributed by atoms with Crippen molar-refractivity contribution in [3.63, 3.8) is 0 Å². The van der Waals surface area contributed by atoms with Gasteiger partial charge >= 0.3 is 0 Å². The second-order valence-electron chi connectivity index (χ2n) is 8.45. The van der Waals surface area contributed by atoms with Crippen LogP contribution in [0.2, 0.25) is 0 Å². The fourth-order valence-corrected chi connectivity index (χ4v) is 4.87. The molecule has 0 bridgehead atoms. The van der Waals surface area contributed by atoms with Gasteiger partial charge in [-0.2, -0.15) is 0 Å². The first-order chi connectivity index (χ1) is 14.6. The summed E-state index contributed by atoms with van der Waals surface area (Å²) in [6.45, 7) is 1.75. The Balaban J connectivity index is 1.33. The van der Waals surface area contributed by atoms with Crippen molar-refractivity contribution in [3.05, 3.63) is 53.1 Å². The first-order valence-electron chi connectivity index (χ1n) is 10.7. The molecular weight excluding hydrogens is 380 g/mol. The fourth-order valence-electron chi connectivity index (χ4n) is 4.87. The van der Waals surface area contributed by atoms with Gasteiger partial charge in [0, 0.05) is 29.6 Å². The van der Waals surface area contributed by atoms with Crippen LogP contribution in [0.3, 0.4) is 0 Å². The average Bonchev–Trinajstić information content (AvgIpc) is 3.27. The van der Waals surface area contributed by atoms with Crippen LogP contribution in [0, 0.1) is 0 Å². The first-order valence-corrected chi connectivity index (χ1v) is 10.7. The zero-order valence-corrected chi connectivity index (χ0v) is 17.0. The van der Waals surface area contributed by atoms with E-state index in [1.54, 1.807) is 6.07 Å². The summed E-state index contributed by atoms with van der Waals surface area (Å²) >= 11 is 0. The van der Waals surface area contributed by atoms with E-state index in [9.17, 15) is 9.59 Å². The van der Waals surface area contributed by atoms with Crippen LogP contribution in [-0.4, -0.2) is 31.6 Å². The van der Waals surface area contributed by atoms with Gasteiger partial charge in [-0.3, -0.25) is 9.59 Å². The van der Waals surface area contributed by atoms with Gasteiger partial charge in [-0.05, 0) is 60.7 Å². The van der Waals surface area contributed by atoms with E-state index in [-0.39, 0.29) is 17.2 Å². The SMILES string of the molecule is O=C1CCc2cc(C(=O)NCC3(c4ccc5c(c4)OCCO5)CCCC3)ccc2N1. The number of carbonyl (C=O) groups is 2. The van der Waals surface area contributed by atoms with Crippen molar-refractivity contribution in [3.8, 4) is 11.5 Å². The largest absolute Gasteiger partial charge is 0.486 e. The third kappa shape index (κ3) is 3.51. The molecule has 2 amide bonds. The highest BCUT2D eigenvalue weighted by Gasteiger charge is 2.37. The van der Waals surface area contributed by atoms with E-state index >= 15 is 0 Å². The Kier molecular flexibility index (Phi) is 4.85. The van der Waals surface area contributed by atoms with Crippen LogP contribution in [0.5, 0.6) is 11.5 Å². The average molecular weight is 406 g/mol. The molecular formula is C24H26N2O4. The van der Waals surface area contributed by atoms with Gasteiger partial charge in [-0.25, -0.2) is 0 Å². The number of fused-ring (bicyclic) bond motifs is 2. The molecule has 0 unspecified atom stereocenters. The zero-order chi connectivity index (χ0) is 20.6. The van der Waals surface area contributed by atoms with Gasteiger partial charge in [0.2, 0.25) is 5.91 Å². The zero-order valence-electron chi connectivity index (χ0n) is 17.0. The van der Waals surface area contributed by atoms with Crippen molar-refractivity contribution in [1.29, 1.82) is 0 Å². The number of amides is 2. The Morgan fingerprint density at radius 2 is 1.80 bits per heavy atom. The van der Waals surface area contributed by atoms with E-state index in [1.165, 1.54) is 5.56 Å². The summed E-state index contributed by atoms with van der Waals surface area (Å²) in [5.41, 5.74) is 3.60. The summed E-state index contributed by atoms with van der Waals surface area (Å²) in [7, 11) is 0. The molecule has 2 aromatic rings. The Morgan fingerprint density at radius 3 is 2.63 bits per heavy atom. The summed E-state index contributed by atoms with van der Waals surface area (Å²) in [5.74, 6) is 1.55. The summed E-state index contributed by atoms with van der Waals surface area (Å²) in [6, 6.07) is 11.7. The van der Waals surface area contributed by atoms with E-state index in [0.29, 0.717) is 38.2 Å². The molecule has 0 atom stereocenters. The Bertz CT molecular complexity index is 995. The quantitative estimate of drug-likeness (QED) is 0.814. The molecule has 2 heterocycles. The Labute approximate surface area is 176 Å². The van der Waals surface area contributed by atoms with Gasteiger partial charge in [0.15, 0.2) is 11.5 Å². The molecule has 0 spiro atoms. The molecule has 0 radical (unpaired) electrons. The number of benzene rings is 2. The Morgan fingerprint density at radius 1 is 1.00 bits per heavy atom. The molecule has 5 rings (SSSR count). The molecule has 6 heteroatoms. The lowest BCUT2D eigenvalue weighted by molar-refractivity contribution is -0.116. The minimum Gasteiger partial charge on any atom is -0.486 e. The highest BCUT2D eigenvalue weighted by atomic mass is 16.6. The molecule has 6 nitrogen and oxygen atoms in total. The maximum absolute atomic E-state index is 12.9. The van der Waals surface area contributed by atoms with Crippen LogP contribution in [0.15, 0.2) is 36.4 Å². The second kappa shape index (κ2) is 7.67. The van der Waals surface area contributed by atoms with E-state index in [0.717, 1.165) is 48.4 Å². The van der Waals surface area contributed by atoms with Crippen LogP contribution >= 0.6 is 0 Å². The standard InChI is InChI=1S/C24H26N2O4/c27-22-8-4-16-13-17(3-6-19(16)26-22)23(28)25-15-24(9-1-2-10-24)18-5-7-20-21(14-18)30-12-11-29-20/h3,5-7,13-14H,1-2,4,8-12,15H2,(H,25,28)(H,26,27). The second-order valence-corrected chi connectivity index (χ2v) is 8.45. The molecule has 1 fully saturated rings. The molecule has 3 aliphatic rings. The summed E-state index contributed by atoms with van der Waals surface area (Å²) < 4.78 is 11.4. The van der Waals surface area contributed by atoms with Crippen molar-refractivity contribution in [2.24, 2.45) is 0 Å². The van der Waals surface area contributed by atoms with E-state index in [4.69, 9.17) is 9.47 Å². The number of carbonyl (C=O) groups excluding carboxylic acids is 2. The minimum absolute atomic E-state index is 0.0299. The monoisotopic (exact) mass is 406 g/mol. The summed E-state index contributed by atoms with van der Waals surface area (Å²) in [5, 5.41) is 6.04. The van der Waals surface area contributed by atoms with Gasteiger partial charge in [0.1, 0.15) is 13.2 Å². The molecule has 156 valence electrons. The lowest BCUT2D eigenvalue weighted by atomic mass is 9.78. The third-order valence-electron chi connectivity index (χ3n) is 6.57. The number of hydrogen-bond donors (Lipinski definition) is 2. The van der Waals surface area contributed by atoms with Crippen molar-refractivity contribution in [2.45, 2.75) is 43.9 Å². The van der Waals surface area contributed by atoms with E-state index in [1.807, 2.05) is 18.2 Å². The van der Waals surface area contributed by atoms with Crippen molar-refractivity contribution in [2.75, 3.05) is 25.1 Å². The van der Waals surface area contributed by atoms with Crippen molar-refractivity contribution >= 4 is 17.5 Å². The van der Waals surface area contributed by atoms with E-state index < -0.39 is 0 Å². The molecule has 30 heavy (non-hydrogen) atoms. The lowest BCUT2D eigenvalue weighted by Gasteiger charge is -2.31. The maximum atomic E-state index is 12.9. The highest BCUT2D eigenvalue weighted by molar-refractivity contribution is 5.98. The molecule has 0 aromatic heterocycles. The molecule has 2 N–H and O–H groups in total. The number of hydrogen-bond acceptors (Lipinski definition) is 4. The predicted octanol–water partition coefficient (Wildman–Crippen LogP) is 3.58. The fraction of sp³-hybridized carbons (Fsp3) is 0.417. The van der Waals surface area contributed by atoms with Crippen LogP contribution in [0.4, 0.5) is 5.69 Å². The van der Waals surface area contributed by atoms with Gasteiger partial charge in [0.05, 0.1) is 0 Å². The third-order valence-corrected chi connectivity index (χ3v) is 6.57. The number of rotatable bonds is 4. The van der Waals surface area contributed by atoms with Gasteiger partial charge in [0.25, 0.3) is 5.91 Å². The predicted molar refractivity (Wildman–Crippen MR) is 113 cm³/mol. The Hall–Kier alpha value is -3.02. The number of ether oxygens (including phenoxy) is 2. The maximum Gasteiger partial charge on any atom is 0.251 e. The molecule has 1 aliphatic carbocycles. The minimum atomic E-state index is -0.0757. The highest BCUT2D eigenvalue weighted by Crippen LogP contribution is 2.44. The topological polar surface area (TPSA) is 76.7 Å². The van der Waals surface area contributed by atoms with Crippen LogP contribution in [-0.2, 0) is 16.6 Å². The van der Waals surface area contributed by atoms with Crippen LogP contribution in [0.1, 0.15) is 53.6 Å². The number of aryl methyl sites for hydroxylation is 1. The number of nitrogens with one attached hydrogen (secondary N) is 2. The normalized spacial score (nSPS) is 19.0. The van der Waals surface area contributed by atoms with Crippen LogP contribution in [0.25, 0.3) is 0 Å². The van der Waals surface area contributed by atoms with Gasteiger partial charge in [-0.1, -0.05) is 18.9 Å².